The number of hydrogen-bond donors (Lipinski definition) is 0. The van der Waals surface area contributed by atoms with Gasteiger partial charge in [-0.05, 0) is 29.3 Å². The average Bonchev–Trinajstić information content (AvgIpc) is 2.65. The molecule has 1 aliphatic carbocycles. The molecule has 0 saturated carbocycles. The van der Waals surface area contributed by atoms with Crippen molar-refractivity contribution in [2.75, 3.05) is 0 Å². The van der Waals surface area contributed by atoms with Crippen LogP contribution in [0.15, 0.2) is 59.9 Å². The monoisotopic (exact) mass is 272 g/mol. The van der Waals surface area contributed by atoms with Gasteiger partial charge in [0.05, 0.1) is 5.57 Å². The zero-order valence-corrected chi connectivity index (χ0v) is 11.1. The number of ketones is 1. The quantitative estimate of drug-likeness (QED) is 0.768. The number of benzene rings is 1. The molecule has 2 aliphatic rings. The van der Waals surface area contributed by atoms with E-state index in [1.54, 1.807) is 0 Å². The average molecular weight is 273 g/mol. The Kier molecular flexibility index (Phi) is 3.03. The van der Waals surface area contributed by atoms with Gasteiger partial charge in [-0.2, -0.15) is 0 Å². The molecule has 2 nitrogen and oxygen atoms in total. The second-order valence-corrected chi connectivity index (χ2v) is 5.15. The molecule has 1 aliphatic heterocycles. The molecule has 0 spiro atoms. The van der Waals surface area contributed by atoms with Crippen LogP contribution in [0.3, 0.4) is 0 Å². The molecule has 19 heavy (non-hydrogen) atoms. The molecule has 0 aromatic heterocycles. The fourth-order valence-electron chi connectivity index (χ4n) is 2.38. The van der Waals surface area contributed by atoms with Crippen LogP contribution in [-0.2, 0) is 9.53 Å². The van der Waals surface area contributed by atoms with E-state index in [0.717, 1.165) is 16.9 Å². The van der Waals surface area contributed by atoms with E-state index < -0.39 is 0 Å². The van der Waals surface area contributed by atoms with Gasteiger partial charge in [-0.1, -0.05) is 36.4 Å². The van der Waals surface area contributed by atoms with Gasteiger partial charge < -0.3 is 4.74 Å². The fraction of sp³-hybridized carbons (Fsp3) is 0.188. The molecule has 0 N–H and O–H groups in total. The van der Waals surface area contributed by atoms with Crippen LogP contribution >= 0.6 is 11.6 Å². The SMILES string of the molecule is C=C1C=CC2=C(CCC2=O)OC1c1ccc(Cl)cc1. The molecule has 0 amide bonds. The standard InChI is InChI=1S/C16H13ClO2/c1-10-2-7-13-14(18)8-9-15(13)19-16(10)11-3-5-12(17)6-4-11/h2-7,16H,1,8-9H2. The van der Waals surface area contributed by atoms with Gasteiger partial charge in [-0.15, -0.1) is 0 Å². The first-order valence-electron chi connectivity index (χ1n) is 6.20. The van der Waals surface area contributed by atoms with Crippen molar-refractivity contribution in [3.8, 4) is 0 Å². The number of ether oxygens (including phenoxy) is 1. The van der Waals surface area contributed by atoms with Crippen molar-refractivity contribution >= 4 is 17.4 Å². The third kappa shape index (κ3) is 2.24. The summed E-state index contributed by atoms with van der Waals surface area (Å²) in [4.78, 5) is 11.7. The Morgan fingerprint density at radius 2 is 1.89 bits per heavy atom. The van der Waals surface area contributed by atoms with Crippen LogP contribution in [0.5, 0.6) is 0 Å². The molecule has 1 aromatic carbocycles. The summed E-state index contributed by atoms with van der Waals surface area (Å²) in [6.45, 7) is 4.02. The van der Waals surface area contributed by atoms with Crippen molar-refractivity contribution in [3.05, 3.63) is 70.5 Å². The normalized spacial score (nSPS) is 22.3. The second-order valence-electron chi connectivity index (χ2n) is 4.72. The van der Waals surface area contributed by atoms with Gasteiger partial charge in [0, 0.05) is 17.9 Å². The van der Waals surface area contributed by atoms with Gasteiger partial charge in [0.15, 0.2) is 5.78 Å². The van der Waals surface area contributed by atoms with E-state index >= 15 is 0 Å². The van der Waals surface area contributed by atoms with Gasteiger partial charge in [-0.3, -0.25) is 4.79 Å². The molecular weight excluding hydrogens is 260 g/mol. The number of halogens is 1. The topological polar surface area (TPSA) is 26.3 Å². The number of rotatable bonds is 1. The lowest BCUT2D eigenvalue weighted by Gasteiger charge is -2.20. The van der Waals surface area contributed by atoms with Crippen LogP contribution in [0, 0.1) is 0 Å². The van der Waals surface area contributed by atoms with Crippen LogP contribution in [0.25, 0.3) is 0 Å². The molecule has 3 rings (SSSR count). The van der Waals surface area contributed by atoms with E-state index in [4.69, 9.17) is 16.3 Å². The molecule has 0 fully saturated rings. The van der Waals surface area contributed by atoms with Gasteiger partial charge in [-0.25, -0.2) is 0 Å². The molecule has 1 heterocycles. The molecule has 0 saturated heterocycles. The Morgan fingerprint density at radius 3 is 2.63 bits per heavy atom. The highest BCUT2D eigenvalue weighted by Gasteiger charge is 2.28. The second kappa shape index (κ2) is 4.71. The predicted molar refractivity (Wildman–Crippen MR) is 74.8 cm³/mol. The lowest BCUT2D eigenvalue weighted by molar-refractivity contribution is -0.114. The van der Waals surface area contributed by atoms with Crippen LogP contribution in [-0.4, -0.2) is 5.78 Å². The highest BCUT2D eigenvalue weighted by atomic mass is 35.5. The lowest BCUT2D eigenvalue weighted by atomic mass is 10.0. The van der Waals surface area contributed by atoms with Gasteiger partial charge in [0.2, 0.25) is 0 Å². The molecule has 0 radical (unpaired) electrons. The zero-order valence-electron chi connectivity index (χ0n) is 10.4. The number of Topliss-reactive ketones (excluding diaryl/α,β-unsaturated/α-hetero) is 1. The van der Waals surface area contributed by atoms with Crippen molar-refractivity contribution in [1.82, 2.24) is 0 Å². The third-order valence-electron chi connectivity index (χ3n) is 3.41. The summed E-state index contributed by atoms with van der Waals surface area (Å²) in [7, 11) is 0. The van der Waals surface area contributed by atoms with Crippen molar-refractivity contribution < 1.29 is 9.53 Å². The number of hydrogen-bond acceptors (Lipinski definition) is 2. The van der Waals surface area contributed by atoms with Crippen LogP contribution in [0.1, 0.15) is 24.5 Å². The maximum absolute atomic E-state index is 11.7. The summed E-state index contributed by atoms with van der Waals surface area (Å²) in [5, 5.41) is 0.689. The van der Waals surface area contributed by atoms with Crippen LogP contribution < -0.4 is 0 Å². The minimum atomic E-state index is -0.244. The Morgan fingerprint density at radius 1 is 1.16 bits per heavy atom. The Hall–Kier alpha value is -1.80. The van der Waals surface area contributed by atoms with E-state index in [0.29, 0.717) is 23.4 Å². The first kappa shape index (κ1) is 12.2. The number of allylic oxidation sites excluding steroid dienone is 3. The molecule has 0 bridgehead atoms. The van der Waals surface area contributed by atoms with E-state index in [1.165, 1.54) is 0 Å². The fourth-order valence-corrected chi connectivity index (χ4v) is 2.50. The highest BCUT2D eigenvalue weighted by Crippen LogP contribution is 2.37. The first-order chi connectivity index (χ1) is 9.15. The summed E-state index contributed by atoms with van der Waals surface area (Å²) < 4.78 is 6.00. The smallest absolute Gasteiger partial charge is 0.166 e. The highest BCUT2D eigenvalue weighted by molar-refractivity contribution is 6.30. The molecule has 3 heteroatoms. The van der Waals surface area contributed by atoms with E-state index in [9.17, 15) is 4.79 Å². The molecule has 96 valence electrons. The summed E-state index contributed by atoms with van der Waals surface area (Å²) in [5.41, 5.74) is 2.52. The molecular formula is C16H13ClO2. The van der Waals surface area contributed by atoms with E-state index in [1.807, 2.05) is 36.4 Å². The Labute approximate surface area is 117 Å². The van der Waals surface area contributed by atoms with Crippen molar-refractivity contribution in [2.24, 2.45) is 0 Å². The minimum absolute atomic E-state index is 0.149. The third-order valence-corrected chi connectivity index (χ3v) is 3.67. The maximum atomic E-state index is 11.7. The summed E-state index contributed by atoms with van der Waals surface area (Å²) in [6, 6.07) is 7.51. The number of carbonyl (C=O) groups excluding carboxylic acids is 1. The molecule has 1 unspecified atom stereocenters. The summed E-state index contributed by atoms with van der Waals surface area (Å²) in [6.07, 6.45) is 4.66. The summed E-state index contributed by atoms with van der Waals surface area (Å²) in [5.74, 6) is 0.927. The number of carbonyl (C=O) groups is 1. The maximum Gasteiger partial charge on any atom is 0.166 e. The van der Waals surface area contributed by atoms with Gasteiger partial charge >= 0.3 is 0 Å². The van der Waals surface area contributed by atoms with Crippen LogP contribution in [0.2, 0.25) is 5.02 Å². The predicted octanol–water partition coefficient (Wildman–Crippen LogP) is 4.14. The van der Waals surface area contributed by atoms with Gasteiger partial charge in [0.25, 0.3) is 0 Å². The van der Waals surface area contributed by atoms with Crippen molar-refractivity contribution in [1.29, 1.82) is 0 Å². The van der Waals surface area contributed by atoms with E-state index in [2.05, 4.69) is 6.58 Å². The largest absolute Gasteiger partial charge is 0.485 e. The Bertz CT molecular complexity index is 608. The zero-order chi connectivity index (χ0) is 13.4. The Balaban J connectivity index is 1.97. The summed E-state index contributed by atoms with van der Waals surface area (Å²) >= 11 is 5.90. The minimum Gasteiger partial charge on any atom is -0.485 e. The molecule has 1 aromatic rings. The van der Waals surface area contributed by atoms with Crippen LogP contribution in [0.4, 0.5) is 0 Å². The molecule has 1 atom stereocenters. The van der Waals surface area contributed by atoms with Gasteiger partial charge in [0.1, 0.15) is 11.9 Å². The van der Waals surface area contributed by atoms with Crippen molar-refractivity contribution in [2.45, 2.75) is 18.9 Å². The first-order valence-corrected chi connectivity index (χ1v) is 6.58. The van der Waals surface area contributed by atoms with E-state index in [-0.39, 0.29) is 11.9 Å². The van der Waals surface area contributed by atoms with Crippen molar-refractivity contribution in [3.63, 3.8) is 0 Å². The lowest BCUT2D eigenvalue weighted by Crippen LogP contribution is -2.04.